The third kappa shape index (κ3) is 3.23. The summed E-state index contributed by atoms with van der Waals surface area (Å²) in [5, 5.41) is 8.84. The van der Waals surface area contributed by atoms with Gasteiger partial charge in [0.25, 0.3) is 0 Å². The topological polar surface area (TPSA) is 80.4 Å². The van der Waals surface area contributed by atoms with Crippen molar-refractivity contribution in [3.63, 3.8) is 0 Å². The van der Waals surface area contributed by atoms with Gasteiger partial charge in [-0.05, 0) is 28.8 Å². The zero-order chi connectivity index (χ0) is 15.4. The molecule has 0 aromatic heterocycles. The van der Waals surface area contributed by atoms with Crippen LogP contribution in [-0.2, 0) is 9.59 Å². The molecule has 21 heavy (non-hydrogen) atoms. The molecule has 0 aliphatic rings. The van der Waals surface area contributed by atoms with E-state index in [1.807, 2.05) is 0 Å². The van der Waals surface area contributed by atoms with Gasteiger partial charge in [0.1, 0.15) is 17.8 Å². The number of halogens is 1. The van der Waals surface area contributed by atoms with Crippen molar-refractivity contribution in [2.24, 2.45) is 5.73 Å². The molecule has 0 heterocycles. The van der Waals surface area contributed by atoms with Gasteiger partial charge in [-0.15, -0.1) is 0 Å². The lowest BCUT2D eigenvalue weighted by Crippen LogP contribution is -2.31. The molecule has 0 saturated carbocycles. The minimum absolute atomic E-state index is 0.117. The number of carbonyl (C=O) groups excluding carboxylic acids is 1. The van der Waals surface area contributed by atoms with Crippen LogP contribution in [0.4, 0.5) is 4.39 Å². The zero-order valence-corrected chi connectivity index (χ0v) is 10.9. The highest BCUT2D eigenvalue weighted by Gasteiger charge is 2.20. The SMILES string of the molecule is NC(C(=O)O)C(=C=O)c1ccc(-c2ccc(F)cc2)cc1. The molecule has 0 saturated heterocycles. The number of hydrogen-bond donors (Lipinski definition) is 2. The molecule has 5 heteroatoms. The maximum Gasteiger partial charge on any atom is 0.325 e. The van der Waals surface area contributed by atoms with E-state index in [-0.39, 0.29) is 11.4 Å². The Balaban J connectivity index is 2.32. The van der Waals surface area contributed by atoms with Gasteiger partial charge in [-0.3, -0.25) is 4.79 Å². The number of carbonyl (C=O) groups is 1. The van der Waals surface area contributed by atoms with Crippen molar-refractivity contribution < 1.29 is 19.1 Å². The Morgan fingerprint density at radius 1 is 1.05 bits per heavy atom. The van der Waals surface area contributed by atoms with Gasteiger partial charge in [0.2, 0.25) is 0 Å². The highest BCUT2D eigenvalue weighted by molar-refractivity contribution is 6.01. The van der Waals surface area contributed by atoms with Gasteiger partial charge in [0.15, 0.2) is 0 Å². The van der Waals surface area contributed by atoms with Gasteiger partial charge < -0.3 is 10.8 Å². The quantitative estimate of drug-likeness (QED) is 0.843. The van der Waals surface area contributed by atoms with Crippen LogP contribution in [-0.4, -0.2) is 23.1 Å². The van der Waals surface area contributed by atoms with Crippen LogP contribution < -0.4 is 5.73 Å². The molecular weight excluding hydrogens is 273 g/mol. The Bertz CT molecular complexity index is 701. The molecule has 0 aliphatic heterocycles. The Labute approximate surface area is 120 Å². The second kappa shape index (κ2) is 6.13. The molecule has 2 aromatic carbocycles. The number of carboxylic acids is 1. The van der Waals surface area contributed by atoms with Gasteiger partial charge >= 0.3 is 5.97 Å². The second-order valence-electron chi connectivity index (χ2n) is 4.42. The van der Waals surface area contributed by atoms with E-state index >= 15 is 0 Å². The van der Waals surface area contributed by atoms with Gasteiger partial charge in [-0.1, -0.05) is 36.4 Å². The minimum atomic E-state index is -1.42. The highest BCUT2D eigenvalue weighted by Crippen LogP contribution is 2.23. The van der Waals surface area contributed by atoms with Crippen molar-refractivity contribution in [3.05, 3.63) is 59.9 Å². The lowest BCUT2D eigenvalue weighted by Gasteiger charge is -2.09. The summed E-state index contributed by atoms with van der Waals surface area (Å²) >= 11 is 0. The van der Waals surface area contributed by atoms with E-state index in [2.05, 4.69) is 0 Å². The summed E-state index contributed by atoms with van der Waals surface area (Å²) in [5.41, 5.74) is 7.33. The van der Waals surface area contributed by atoms with E-state index in [0.29, 0.717) is 5.56 Å². The molecule has 0 fully saturated rings. The molecule has 2 rings (SSSR count). The molecule has 1 atom stereocenters. The molecule has 3 N–H and O–H groups in total. The maximum absolute atomic E-state index is 12.9. The van der Waals surface area contributed by atoms with Crippen molar-refractivity contribution in [2.75, 3.05) is 0 Å². The fourth-order valence-electron chi connectivity index (χ4n) is 1.91. The summed E-state index contributed by atoms with van der Waals surface area (Å²) in [7, 11) is 0. The molecule has 0 amide bonds. The van der Waals surface area contributed by atoms with Crippen molar-refractivity contribution in [2.45, 2.75) is 6.04 Å². The molecule has 0 bridgehead atoms. The molecule has 0 radical (unpaired) electrons. The number of rotatable bonds is 4. The van der Waals surface area contributed by atoms with Crippen LogP contribution in [0.1, 0.15) is 5.56 Å². The number of benzene rings is 2. The highest BCUT2D eigenvalue weighted by atomic mass is 19.1. The van der Waals surface area contributed by atoms with Gasteiger partial charge in [-0.2, -0.15) is 0 Å². The van der Waals surface area contributed by atoms with E-state index in [1.165, 1.54) is 12.1 Å². The number of carboxylic acid groups (broad SMARTS) is 1. The van der Waals surface area contributed by atoms with Gasteiger partial charge in [0.05, 0.1) is 5.57 Å². The lowest BCUT2D eigenvalue weighted by atomic mass is 9.97. The average Bonchev–Trinajstić information content (AvgIpc) is 2.49. The van der Waals surface area contributed by atoms with Crippen LogP contribution in [0.15, 0.2) is 48.5 Å². The van der Waals surface area contributed by atoms with E-state index in [4.69, 9.17) is 10.8 Å². The smallest absolute Gasteiger partial charge is 0.325 e. The lowest BCUT2D eigenvalue weighted by molar-refractivity contribution is -0.137. The summed E-state index contributed by atoms with van der Waals surface area (Å²) < 4.78 is 12.9. The molecule has 0 spiro atoms. The van der Waals surface area contributed by atoms with Crippen LogP contribution >= 0.6 is 0 Å². The Kier molecular flexibility index (Phi) is 4.28. The molecule has 0 aliphatic carbocycles. The predicted molar refractivity (Wildman–Crippen MR) is 76.5 cm³/mol. The first kappa shape index (κ1) is 14.7. The predicted octanol–water partition coefficient (Wildman–Crippen LogP) is 2.12. The Morgan fingerprint density at radius 3 is 1.95 bits per heavy atom. The van der Waals surface area contributed by atoms with E-state index in [9.17, 15) is 14.0 Å². The molecular formula is C16H12FNO3. The maximum atomic E-state index is 12.9. The van der Waals surface area contributed by atoms with Crippen LogP contribution in [0, 0.1) is 5.82 Å². The van der Waals surface area contributed by atoms with E-state index in [1.54, 1.807) is 42.3 Å². The summed E-state index contributed by atoms with van der Waals surface area (Å²) in [5.74, 6) is -0.0430. The third-order valence-electron chi connectivity index (χ3n) is 3.06. The monoisotopic (exact) mass is 285 g/mol. The summed E-state index contributed by atoms with van der Waals surface area (Å²) in [6.45, 7) is 0. The number of hydrogen-bond acceptors (Lipinski definition) is 3. The second-order valence-corrected chi connectivity index (χ2v) is 4.42. The van der Waals surface area contributed by atoms with E-state index in [0.717, 1.165) is 11.1 Å². The van der Waals surface area contributed by atoms with Crippen molar-refractivity contribution in [3.8, 4) is 11.1 Å². The van der Waals surface area contributed by atoms with Crippen molar-refractivity contribution in [1.82, 2.24) is 0 Å². The molecule has 1 unspecified atom stereocenters. The molecule has 106 valence electrons. The van der Waals surface area contributed by atoms with E-state index < -0.39 is 12.0 Å². The largest absolute Gasteiger partial charge is 0.480 e. The summed E-state index contributed by atoms with van der Waals surface area (Å²) in [6.07, 6.45) is 0. The number of aliphatic carboxylic acids is 1. The summed E-state index contributed by atoms with van der Waals surface area (Å²) in [6, 6.07) is 11.1. The zero-order valence-electron chi connectivity index (χ0n) is 10.9. The molecule has 2 aromatic rings. The normalized spacial score (nSPS) is 11.5. The summed E-state index contributed by atoms with van der Waals surface area (Å²) in [4.78, 5) is 21.7. The van der Waals surface area contributed by atoms with Crippen molar-refractivity contribution in [1.29, 1.82) is 0 Å². The first-order valence-corrected chi connectivity index (χ1v) is 6.12. The first-order valence-electron chi connectivity index (χ1n) is 6.12. The fourth-order valence-corrected chi connectivity index (χ4v) is 1.91. The molecule has 4 nitrogen and oxygen atoms in total. The van der Waals surface area contributed by atoms with Gasteiger partial charge in [-0.25, -0.2) is 9.18 Å². The van der Waals surface area contributed by atoms with Crippen LogP contribution in [0.5, 0.6) is 0 Å². The Morgan fingerprint density at radius 2 is 1.52 bits per heavy atom. The fraction of sp³-hybridized carbons (Fsp3) is 0.0625. The Hall–Kier alpha value is -2.75. The third-order valence-corrected chi connectivity index (χ3v) is 3.06. The van der Waals surface area contributed by atoms with Crippen LogP contribution in [0.25, 0.3) is 16.7 Å². The average molecular weight is 285 g/mol. The minimum Gasteiger partial charge on any atom is -0.480 e. The number of nitrogens with two attached hydrogens (primary N) is 1. The van der Waals surface area contributed by atoms with Gasteiger partial charge in [0, 0.05) is 0 Å². The van der Waals surface area contributed by atoms with Crippen LogP contribution in [0.2, 0.25) is 0 Å². The standard InChI is InChI=1S/C16H12FNO3/c17-13-7-5-11(6-8-13)10-1-3-12(4-2-10)14(9-19)15(18)16(20)21/h1-8,15H,18H2,(H,20,21). The first-order chi connectivity index (χ1) is 10.0. The van der Waals surface area contributed by atoms with Crippen LogP contribution in [0.3, 0.4) is 0 Å². The van der Waals surface area contributed by atoms with Crippen molar-refractivity contribution >= 4 is 17.5 Å².